The molecule has 0 fully saturated rings. The largest absolute Gasteiger partial charge is 0.312 e. The molecule has 0 atom stereocenters. The molecule has 1 aromatic carbocycles. The SMILES string of the molecule is CCNCc1sc(-c2ccc(Cl)c(Br)c2)nc1CC(C)C. The minimum absolute atomic E-state index is 0.609. The lowest BCUT2D eigenvalue weighted by molar-refractivity contribution is 0.628. The van der Waals surface area contributed by atoms with Crippen molar-refractivity contribution in [3.63, 3.8) is 0 Å². The van der Waals surface area contributed by atoms with Gasteiger partial charge in [0.05, 0.1) is 10.7 Å². The summed E-state index contributed by atoms with van der Waals surface area (Å²) in [6.07, 6.45) is 1.02. The Labute approximate surface area is 144 Å². The highest BCUT2D eigenvalue weighted by atomic mass is 79.9. The number of rotatable bonds is 6. The number of aromatic nitrogens is 1. The highest BCUT2D eigenvalue weighted by Crippen LogP contribution is 2.33. The van der Waals surface area contributed by atoms with Crippen molar-refractivity contribution in [1.82, 2.24) is 10.3 Å². The van der Waals surface area contributed by atoms with Crippen LogP contribution in [-0.4, -0.2) is 11.5 Å². The van der Waals surface area contributed by atoms with Gasteiger partial charge >= 0.3 is 0 Å². The van der Waals surface area contributed by atoms with Crippen LogP contribution in [0.15, 0.2) is 22.7 Å². The van der Waals surface area contributed by atoms with Gasteiger partial charge in [-0.3, -0.25) is 0 Å². The third-order valence-electron chi connectivity index (χ3n) is 3.08. The number of thiazole rings is 1. The van der Waals surface area contributed by atoms with Crippen molar-refractivity contribution >= 4 is 38.9 Å². The van der Waals surface area contributed by atoms with E-state index in [1.807, 2.05) is 18.2 Å². The van der Waals surface area contributed by atoms with E-state index >= 15 is 0 Å². The molecule has 0 aliphatic rings. The van der Waals surface area contributed by atoms with E-state index < -0.39 is 0 Å². The second-order valence-corrected chi connectivity index (χ2v) is 7.74. The summed E-state index contributed by atoms with van der Waals surface area (Å²) in [5.74, 6) is 0.609. The van der Waals surface area contributed by atoms with Gasteiger partial charge in [-0.15, -0.1) is 11.3 Å². The van der Waals surface area contributed by atoms with Gasteiger partial charge in [-0.2, -0.15) is 0 Å². The lowest BCUT2D eigenvalue weighted by Crippen LogP contribution is -2.12. The minimum atomic E-state index is 0.609. The van der Waals surface area contributed by atoms with E-state index in [4.69, 9.17) is 16.6 Å². The molecule has 21 heavy (non-hydrogen) atoms. The lowest BCUT2D eigenvalue weighted by Gasteiger charge is -2.04. The first-order chi connectivity index (χ1) is 10.0. The van der Waals surface area contributed by atoms with Gasteiger partial charge in [0.25, 0.3) is 0 Å². The monoisotopic (exact) mass is 386 g/mol. The average Bonchev–Trinajstić information content (AvgIpc) is 2.82. The van der Waals surface area contributed by atoms with Gasteiger partial charge in [-0.05, 0) is 46.9 Å². The summed E-state index contributed by atoms with van der Waals surface area (Å²) in [5, 5.41) is 5.20. The average molecular weight is 388 g/mol. The van der Waals surface area contributed by atoms with Crippen LogP contribution in [0, 0.1) is 5.92 Å². The van der Waals surface area contributed by atoms with E-state index in [-0.39, 0.29) is 0 Å². The number of halogens is 2. The lowest BCUT2D eigenvalue weighted by atomic mass is 10.1. The maximum Gasteiger partial charge on any atom is 0.123 e. The van der Waals surface area contributed by atoms with Crippen molar-refractivity contribution in [2.75, 3.05) is 6.54 Å². The Morgan fingerprint density at radius 2 is 2.14 bits per heavy atom. The fourth-order valence-corrected chi connectivity index (χ4v) is 3.61. The Morgan fingerprint density at radius 3 is 2.76 bits per heavy atom. The zero-order chi connectivity index (χ0) is 15.4. The van der Waals surface area contributed by atoms with Gasteiger partial charge in [0.1, 0.15) is 5.01 Å². The second-order valence-electron chi connectivity index (χ2n) is 5.40. The van der Waals surface area contributed by atoms with Crippen LogP contribution in [0.1, 0.15) is 31.3 Å². The Balaban J connectivity index is 2.34. The van der Waals surface area contributed by atoms with E-state index in [9.17, 15) is 0 Å². The summed E-state index contributed by atoms with van der Waals surface area (Å²) in [7, 11) is 0. The van der Waals surface area contributed by atoms with Crippen molar-refractivity contribution in [1.29, 1.82) is 0 Å². The van der Waals surface area contributed by atoms with Crippen LogP contribution >= 0.6 is 38.9 Å². The highest BCUT2D eigenvalue weighted by molar-refractivity contribution is 9.10. The van der Waals surface area contributed by atoms with Crippen LogP contribution in [-0.2, 0) is 13.0 Å². The Bertz CT molecular complexity index is 610. The summed E-state index contributed by atoms with van der Waals surface area (Å²) < 4.78 is 0.913. The molecule has 0 saturated heterocycles. The maximum absolute atomic E-state index is 6.07. The third kappa shape index (κ3) is 4.52. The Kier molecular flexibility index (Phi) is 6.23. The first-order valence-corrected chi connectivity index (χ1v) is 9.14. The van der Waals surface area contributed by atoms with Crippen LogP contribution < -0.4 is 5.32 Å². The summed E-state index contributed by atoms with van der Waals surface area (Å²) in [5.41, 5.74) is 2.33. The summed E-state index contributed by atoms with van der Waals surface area (Å²) in [6.45, 7) is 8.45. The first-order valence-electron chi connectivity index (χ1n) is 7.16. The molecule has 0 saturated carbocycles. The van der Waals surface area contributed by atoms with Crippen molar-refractivity contribution in [2.24, 2.45) is 5.92 Å². The minimum Gasteiger partial charge on any atom is -0.312 e. The van der Waals surface area contributed by atoms with Gasteiger partial charge in [0.15, 0.2) is 0 Å². The molecule has 0 aliphatic carbocycles. The standard InChI is InChI=1S/C16H20BrClN2S/c1-4-19-9-15-14(7-10(2)3)20-16(21-15)11-5-6-13(18)12(17)8-11/h5-6,8,10,19H,4,7,9H2,1-3H3. The molecule has 114 valence electrons. The number of nitrogens with one attached hydrogen (secondary N) is 1. The molecule has 5 heteroatoms. The van der Waals surface area contributed by atoms with Crippen LogP contribution in [0.5, 0.6) is 0 Å². The fraction of sp³-hybridized carbons (Fsp3) is 0.438. The molecule has 2 rings (SSSR count). The van der Waals surface area contributed by atoms with E-state index in [2.05, 4.69) is 42.0 Å². The predicted octanol–water partition coefficient (Wildman–Crippen LogP) is 5.53. The van der Waals surface area contributed by atoms with Crippen LogP contribution in [0.3, 0.4) is 0 Å². The zero-order valence-electron chi connectivity index (χ0n) is 12.5. The molecular formula is C16H20BrClN2S. The number of benzene rings is 1. The Hall–Kier alpha value is -0.420. The molecule has 0 radical (unpaired) electrons. The summed E-state index contributed by atoms with van der Waals surface area (Å²) in [6, 6.07) is 5.98. The fourth-order valence-electron chi connectivity index (χ4n) is 2.06. The molecule has 1 heterocycles. The van der Waals surface area contributed by atoms with Crippen LogP contribution in [0.4, 0.5) is 0 Å². The quantitative estimate of drug-likeness (QED) is 0.704. The molecule has 2 nitrogen and oxygen atoms in total. The van der Waals surface area contributed by atoms with Gasteiger partial charge < -0.3 is 5.32 Å². The molecule has 0 aliphatic heterocycles. The number of hydrogen-bond acceptors (Lipinski definition) is 3. The van der Waals surface area contributed by atoms with Gasteiger partial charge in [0, 0.05) is 21.5 Å². The highest BCUT2D eigenvalue weighted by Gasteiger charge is 2.14. The van der Waals surface area contributed by atoms with E-state index in [1.54, 1.807) is 11.3 Å². The summed E-state index contributed by atoms with van der Waals surface area (Å²) in [4.78, 5) is 6.20. The predicted molar refractivity (Wildman–Crippen MR) is 96.2 cm³/mol. The van der Waals surface area contributed by atoms with Crippen molar-refractivity contribution < 1.29 is 0 Å². The molecule has 0 bridgehead atoms. The molecule has 0 unspecified atom stereocenters. The number of hydrogen-bond donors (Lipinski definition) is 1. The molecule has 1 N–H and O–H groups in total. The van der Waals surface area contributed by atoms with Gasteiger partial charge in [-0.1, -0.05) is 38.4 Å². The van der Waals surface area contributed by atoms with Crippen molar-refractivity contribution in [3.05, 3.63) is 38.3 Å². The van der Waals surface area contributed by atoms with Crippen LogP contribution in [0.25, 0.3) is 10.6 Å². The van der Waals surface area contributed by atoms with Crippen molar-refractivity contribution in [3.8, 4) is 10.6 Å². The zero-order valence-corrected chi connectivity index (χ0v) is 15.7. The van der Waals surface area contributed by atoms with E-state index in [0.29, 0.717) is 5.92 Å². The van der Waals surface area contributed by atoms with Crippen LogP contribution in [0.2, 0.25) is 5.02 Å². The van der Waals surface area contributed by atoms with E-state index in [0.717, 1.165) is 39.6 Å². The van der Waals surface area contributed by atoms with E-state index in [1.165, 1.54) is 10.6 Å². The number of nitrogens with zero attached hydrogens (tertiary/aromatic N) is 1. The molecule has 2 aromatic rings. The normalized spacial score (nSPS) is 11.3. The smallest absolute Gasteiger partial charge is 0.123 e. The maximum atomic E-state index is 6.07. The molecule has 0 amide bonds. The molecular weight excluding hydrogens is 368 g/mol. The molecule has 0 spiro atoms. The topological polar surface area (TPSA) is 24.9 Å². The third-order valence-corrected chi connectivity index (χ3v) is 5.44. The van der Waals surface area contributed by atoms with Crippen molar-refractivity contribution in [2.45, 2.75) is 33.7 Å². The Morgan fingerprint density at radius 1 is 1.38 bits per heavy atom. The molecule has 1 aromatic heterocycles. The second kappa shape index (κ2) is 7.73. The van der Waals surface area contributed by atoms with Gasteiger partial charge in [0.2, 0.25) is 0 Å². The van der Waals surface area contributed by atoms with Gasteiger partial charge in [-0.25, -0.2) is 4.98 Å². The summed E-state index contributed by atoms with van der Waals surface area (Å²) >= 11 is 11.3. The first kappa shape index (κ1) is 16.9.